The number of nitrogens with one attached hydrogen (secondary N) is 1. The molecular formula is C21H23NO3. The lowest BCUT2D eigenvalue weighted by molar-refractivity contribution is 0.0935. The van der Waals surface area contributed by atoms with Gasteiger partial charge in [0.2, 0.25) is 0 Å². The van der Waals surface area contributed by atoms with Crippen LogP contribution in [0.3, 0.4) is 0 Å². The molecule has 1 unspecified atom stereocenters. The van der Waals surface area contributed by atoms with E-state index in [4.69, 9.17) is 9.47 Å². The SMILES string of the molecule is COc1ccccc1C(=O)NCC1(c2ccccc2)CC[C@@H]2O[C@H]2C1. The first-order valence-corrected chi connectivity index (χ1v) is 8.84. The maximum Gasteiger partial charge on any atom is 0.255 e. The Hall–Kier alpha value is -2.33. The highest BCUT2D eigenvalue weighted by atomic mass is 16.6. The zero-order chi connectivity index (χ0) is 17.3. The van der Waals surface area contributed by atoms with Crippen LogP contribution in [0.4, 0.5) is 0 Å². The van der Waals surface area contributed by atoms with Crippen molar-refractivity contribution in [3.05, 3.63) is 65.7 Å². The second kappa shape index (κ2) is 6.52. The zero-order valence-electron chi connectivity index (χ0n) is 14.4. The monoisotopic (exact) mass is 337 g/mol. The van der Waals surface area contributed by atoms with E-state index in [0.29, 0.717) is 30.1 Å². The fourth-order valence-electron chi connectivity index (χ4n) is 4.01. The van der Waals surface area contributed by atoms with Gasteiger partial charge < -0.3 is 14.8 Å². The van der Waals surface area contributed by atoms with Gasteiger partial charge in [-0.2, -0.15) is 0 Å². The fraction of sp³-hybridized carbons (Fsp3) is 0.381. The molecule has 1 aliphatic carbocycles. The van der Waals surface area contributed by atoms with E-state index >= 15 is 0 Å². The molecule has 25 heavy (non-hydrogen) atoms. The van der Waals surface area contributed by atoms with Crippen molar-refractivity contribution in [2.45, 2.75) is 36.9 Å². The van der Waals surface area contributed by atoms with E-state index in [-0.39, 0.29) is 11.3 Å². The first kappa shape index (κ1) is 16.2. The van der Waals surface area contributed by atoms with E-state index in [2.05, 4.69) is 29.6 Å². The lowest BCUT2D eigenvalue weighted by Crippen LogP contribution is -2.44. The van der Waals surface area contributed by atoms with Crippen molar-refractivity contribution in [1.82, 2.24) is 5.32 Å². The maximum absolute atomic E-state index is 12.7. The molecule has 4 rings (SSSR count). The molecule has 0 radical (unpaired) electrons. The lowest BCUT2D eigenvalue weighted by Gasteiger charge is -2.36. The van der Waals surface area contributed by atoms with Crippen molar-refractivity contribution in [3.63, 3.8) is 0 Å². The van der Waals surface area contributed by atoms with Crippen molar-refractivity contribution in [2.24, 2.45) is 0 Å². The molecule has 3 atom stereocenters. The predicted octanol–water partition coefficient (Wildman–Crippen LogP) is 3.31. The molecule has 4 heteroatoms. The highest BCUT2D eigenvalue weighted by molar-refractivity contribution is 5.96. The Morgan fingerprint density at radius 1 is 1.16 bits per heavy atom. The molecule has 1 aliphatic heterocycles. The number of epoxide rings is 1. The maximum atomic E-state index is 12.7. The quantitative estimate of drug-likeness (QED) is 0.852. The molecule has 1 N–H and O–H groups in total. The third-order valence-corrected chi connectivity index (χ3v) is 5.51. The second-order valence-corrected chi connectivity index (χ2v) is 6.99. The van der Waals surface area contributed by atoms with Crippen LogP contribution in [0.5, 0.6) is 5.75 Å². The minimum atomic E-state index is -0.0911. The molecule has 2 aliphatic rings. The van der Waals surface area contributed by atoms with Gasteiger partial charge in [0.15, 0.2) is 0 Å². The number of para-hydroxylation sites is 1. The average Bonchev–Trinajstić information content (AvgIpc) is 3.45. The summed E-state index contributed by atoms with van der Waals surface area (Å²) in [5.74, 6) is 0.509. The predicted molar refractivity (Wildman–Crippen MR) is 96.0 cm³/mol. The van der Waals surface area contributed by atoms with E-state index < -0.39 is 0 Å². The molecular weight excluding hydrogens is 314 g/mol. The zero-order valence-corrected chi connectivity index (χ0v) is 14.4. The number of hydrogen-bond acceptors (Lipinski definition) is 3. The van der Waals surface area contributed by atoms with Crippen LogP contribution in [-0.2, 0) is 10.2 Å². The number of carbonyl (C=O) groups excluding carboxylic acids is 1. The Kier molecular flexibility index (Phi) is 4.22. The summed E-state index contributed by atoms with van der Waals surface area (Å²) in [6.07, 6.45) is 3.83. The molecule has 2 aromatic rings. The Morgan fingerprint density at radius 2 is 1.92 bits per heavy atom. The molecule has 2 fully saturated rings. The molecule has 1 heterocycles. The number of carbonyl (C=O) groups is 1. The Bertz CT molecular complexity index is 761. The Labute approximate surface area is 148 Å². The molecule has 4 nitrogen and oxygen atoms in total. The minimum Gasteiger partial charge on any atom is -0.496 e. The number of hydrogen-bond donors (Lipinski definition) is 1. The molecule has 0 bridgehead atoms. The van der Waals surface area contributed by atoms with Crippen molar-refractivity contribution >= 4 is 5.91 Å². The van der Waals surface area contributed by atoms with Crippen LogP contribution in [-0.4, -0.2) is 31.8 Å². The number of ether oxygens (including phenoxy) is 2. The molecule has 130 valence electrons. The summed E-state index contributed by atoms with van der Waals surface area (Å²) < 4.78 is 11.1. The van der Waals surface area contributed by atoms with Gasteiger partial charge in [-0.25, -0.2) is 0 Å². The Balaban J connectivity index is 1.54. The molecule has 1 saturated heterocycles. The van der Waals surface area contributed by atoms with Gasteiger partial charge in [-0.15, -0.1) is 0 Å². The largest absolute Gasteiger partial charge is 0.496 e. The first-order chi connectivity index (χ1) is 12.2. The summed E-state index contributed by atoms with van der Waals surface area (Å²) in [6, 6.07) is 17.8. The summed E-state index contributed by atoms with van der Waals surface area (Å²) in [5, 5.41) is 3.15. The number of benzene rings is 2. The van der Waals surface area contributed by atoms with Crippen LogP contribution in [0.15, 0.2) is 54.6 Å². The molecule has 1 amide bonds. The highest BCUT2D eigenvalue weighted by Crippen LogP contribution is 2.47. The molecule has 0 aromatic heterocycles. The van der Waals surface area contributed by atoms with Crippen LogP contribution in [0, 0.1) is 0 Å². The van der Waals surface area contributed by atoms with Crippen molar-refractivity contribution in [1.29, 1.82) is 0 Å². The topological polar surface area (TPSA) is 50.9 Å². The lowest BCUT2D eigenvalue weighted by atomic mass is 9.69. The standard InChI is InChI=1S/C21H23NO3/c1-24-17-10-6-5-9-16(17)20(23)22-14-21(15-7-3-2-4-8-15)12-11-18-19(13-21)25-18/h2-10,18-19H,11-14H2,1H3,(H,22,23)/t18-,19-,21?/m0/s1. The van der Waals surface area contributed by atoms with Gasteiger partial charge in [-0.1, -0.05) is 42.5 Å². The van der Waals surface area contributed by atoms with Crippen LogP contribution >= 0.6 is 0 Å². The van der Waals surface area contributed by atoms with Crippen molar-refractivity contribution in [2.75, 3.05) is 13.7 Å². The summed E-state index contributed by atoms with van der Waals surface area (Å²) in [4.78, 5) is 12.7. The summed E-state index contributed by atoms with van der Waals surface area (Å²) in [6.45, 7) is 0.612. The minimum absolute atomic E-state index is 0.0589. The summed E-state index contributed by atoms with van der Waals surface area (Å²) in [7, 11) is 1.59. The van der Waals surface area contributed by atoms with Gasteiger partial charge in [-0.05, 0) is 37.0 Å². The fourth-order valence-corrected chi connectivity index (χ4v) is 4.01. The third-order valence-electron chi connectivity index (χ3n) is 5.51. The van der Waals surface area contributed by atoms with Gasteiger partial charge in [0.05, 0.1) is 24.9 Å². The number of fused-ring (bicyclic) bond motifs is 1. The van der Waals surface area contributed by atoms with Crippen LogP contribution in [0.25, 0.3) is 0 Å². The number of amides is 1. The average molecular weight is 337 g/mol. The van der Waals surface area contributed by atoms with Gasteiger partial charge in [-0.3, -0.25) is 4.79 Å². The molecule has 1 saturated carbocycles. The van der Waals surface area contributed by atoms with Gasteiger partial charge in [0, 0.05) is 12.0 Å². The highest BCUT2D eigenvalue weighted by Gasteiger charge is 2.51. The van der Waals surface area contributed by atoms with Crippen LogP contribution < -0.4 is 10.1 Å². The first-order valence-electron chi connectivity index (χ1n) is 8.84. The Morgan fingerprint density at radius 3 is 2.68 bits per heavy atom. The van der Waals surface area contributed by atoms with Crippen LogP contribution in [0.2, 0.25) is 0 Å². The third kappa shape index (κ3) is 3.14. The van der Waals surface area contributed by atoms with E-state index in [1.165, 1.54) is 5.56 Å². The summed E-state index contributed by atoms with van der Waals surface area (Å²) >= 11 is 0. The van der Waals surface area contributed by atoms with E-state index in [1.54, 1.807) is 13.2 Å². The molecule has 0 spiro atoms. The van der Waals surface area contributed by atoms with Gasteiger partial charge in [0.25, 0.3) is 5.91 Å². The number of rotatable bonds is 5. The van der Waals surface area contributed by atoms with Crippen molar-refractivity contribution in [3.8, 4) is 5.75 Å². The van der Waals surface area contributed by atoms with E-state index in [9.17, 15) is 4.79 Å². The molecule has 2 aromatic carbocycles. The second-order valence-electron chi connectivity index (χ2n) is 6.99. The van der Waals surface area contributed by atoms with Crippen molar-refractivity contribution < 1.29 is 14.3 Å². The smallest absolute Gasteiger partial charge is 0.255 e. The van der Waals surface area contributed by atoms with Gasteiger partial charge in [0.1, 0.15) is 5.75 Å². The number of methoxy groups -OCH3 is 1. The van der Waals surface area contributed by atoms with E-state index in [0.717, 1.165) is 19.3 Å². The van der Waals surface area contributed by atoms with Gasteiger partial charge >= 0.3 is 0 Å². The van der Waals surface area contributed by atoms with Crippen LogP contribution in [0.1, 0.15) is 35.2 Å². The normalized spacial score (nSPS) is 27.2. The van der Waals surface area contributed by atoms with E-state index in [1.807, 2.05) is 24.3 Å². The summed E-state index contributed by atoms with van der Waals surface area (Å²) in [5.41, 5.74) is 1.80.